The standard InChI is InChI=1S/C14H21NO/c1-6-16-15-11(2)12-9-7-8-10-13(12)14(3,4)5/h7-10H,6H2,1-5H3/b15-11+. The number of hydrogen-bond donors (Lipinski definition) is 0. The van der Waals surface area contributed by atoms with Crippen molar-refractivity contribution in [1.29, 1.82) is 0 Å². The van der Waals surface area contributed by atoms with Crippen molar-refractivity contribution >= 4 is 5.71 Å². The van der Waals surface area contributed by atoms with Crippen molar-refractivity contribution in [3.8, 4) is 0 Å². The second-order valence-electron chi connectivity index (χ2n) is 4.89. The minimum Gasteiger partial charge on any atom is -0.396 e. The van der Waals surface area contributed by atoms with Gasteiger partial charge in [-0.05, 0) is 24.8 Å². The molecule has 0 amide bonds. The van der Waals surface area contributed by atoms with Crippen LogP contribution in [0, 0.1) is 0 Å². The van der Waals surface area contributed by atoms with Crippen molar-refractivity contribution in [1.82, 2.24) is 0 Å². The van der Waals surface area contributed by atoms with Crippen LogP contribution in [0.3, 0.4) is 0 Å². The molecule has 1 rings (SSSR count). The molecule has 0 N–H and O–H groups in total. The normalized spacial score (nSPS) is 12.7. The lowest BCUT2D eigenvalue weighted by Crippen LogP contribution is -2.16. The van der Waals surface area contributed by atoms with Gasteiger partial charge in [-0.1, -0.05) is 50.2 Å². The van der Waals surface area contributed by atoms with Gasteiger partial charge in [0.15, 0.2) is 0 Å². The first-order chi connectivity index (χ1) is 7.46. The van der Waals surface area contributed by atoms with E-state index >= 15 is 0 Å². The van der Waals surface area contributed by atoms with Gasteiger partial charge in [0.1, 0.15) is 6.61 Å². The van der Waals surface area contributed by atoms with Crippen LogP contribution in [0.2, 0.25) is 0 Å². The summed E-state index contributed by atoms with van der Waals surface area (Å²) in [4.78, 5) is 5.11. The predicted molar refractivity (Wildman–Crippen MR) is 69.0 cm³/mol. The molecule has 88 valence electrons. The summed E-state index contributed by atoms with van der Waals surface area (Å²) in [7, 11) is 0. The molecule has 0 spiro atoms. The highest BCUT2D eigenvalue weighted by Crippen LogP contribution is 2.26. The van der Waals surface area contributed by atoms with Crippen LogP contribution < -0.4 is 0 Å². The number of benzene rings is 1. The highest BCUT2D eigenvalue weighted by molar-refractivity contribution is 5.99. The van der Waals surface area contributed by atoms with Crippen molar-refractivity contribution in [2.45, 2.75) is 40.0 Å². The third-order valence-electron chi connectivity index (χ3n) is 2.46. The molecule has 0 radical (unpaired) electrons. The summed E-state index contributed by atoms with van der Waals surface area (Å²) in [6.45, 7) is 11.2. The summed E-state index contributed by atoms with van der Waals surface area (Å²) in [6, 6.07) is 8.35. The Morgan fingerprint density at radius 2 is 1.88 bits per heavy atom. The molecular formula is C14H21NO. The van der Waals surface area contributed by atoms with Gasteiger partial charge in [0.25, 0.3) is 0 Å². The first-order valence-corrected chi connectivity index (χ1v) is 5.73. The summed E-state index contributed by atoms with van der Waals surface area (Å²) < 4.78 is 0. The van der Waals surface area contributed by atoms with Crippen LogP contribution in [0.25, 0.3) is 0 Å². The molecule has 0 fully saturated rings. The fraction of sp³-hybridized carbons (Fsp3) is 0.500. The fourth-order valence-electron chi connectivity index (χ4n) is 1.66. The van der Waals surface area contributed by atoms with Gasteiger partial charge in [-0.2, -0.15) is 0 Å². The Kier molecular flexibility index (Phi) is 4.11. The molecule has 0 heterocycles. The van der Waals surface area contributed by atoms with Crippen LogP contribution in [-0.4, -0.2) is 12.3 Å². The molecular weight excluding hydrogens is 198 g/mol. The van der Waals surface area contributed by atoms with E-state index in [9.17, 15) is 0 Å². The van der Waals surface area contributed by atoms with E-state index in [1.165, 1.54) is 11.1 Å². The van der Waals surface area contributed by atoms with Gasteiger partial charge in [-0.25, -0.2) is 0 Å². The summed E-state index contributed by atoms with van der Waals surface area (Å²) in [5.74, 6) is 0. The lowest BCUT2D eigenvalue weighted by atomic mass is 9.83. The second-order valence-corrected chi connectivity index (χ2v) is 4.89. The molecule has 0 aliphatic carbocycles. The van der Waals surface area contributed by atoms with Crippen LogP contribution in [0.5, 0.6) is 0 Å². The molecule has 0 unspecified atom stereocenters. The third-order valence-corrected chi connectivity index (χ3v) is 2.46. The molecule has 0 atom stereocenters. The van der Waals surface area contributed by atoms with Gasteiger partial charge in [0, 0.05) is 5.56 Å². The van der Waals surface area contributed by atoms with Gasteiger partial charge < -0.3 is 4.84 Å². The number of nitrogens with zero attached hydrogens (tertiary/aromatic N) is 1. The van der Waals surface area contributed by atoms with Crippen LogP contribution in [-0.2, 0) is 10.3 Å². The maximum Gasteiger partial charge on any atom is 0.114 e. The van der Waals surface area contributed by atoms with Crippen LogP contribution >= 0.6 is 0 Å². The molecule has 2 heteroatoms. The van der Waals surface area contributed by atoms with E-state index in [-0.39, 0.29) is 5.41 Å². The average molecular weight is 219 g/mol. The van der Waals surface area contributed by atoms with E-state index in [2.05, 4.69) is 44.1 Å². The van der Waals surface area contributed by atoms with Crippen molar-refractivity contribution in [2.75, 3.05) is 6.61 Å². The van der Waals surface area contributed by atoms with E-state index in [0.29, 0.717) is 6.61 Å². The molecule has 1 aromatic carbocycles. The van der Waals surface area contributed by atoms with Gasteiger partial charge in [0.05, 0.1) is 5.71 Å². The Balaban J connectivity index is 3.14. The lowest BCUT2D eigenvalue weighted by molar-refractivity contribution is 0.159. The molecule has 0 saturated heterocycles. The predicted octanol–water partition coefficient (Wildman–Crippen LogP) is 3.74. The van der Waals surface area contributed by atoms with E-state index < -0.39 is 0 Å². The van der Waals surface area contributed by atoms with E-state index in [1.807, 2.05) is 19.9 Å². The van der Waals surface area contributed by atoms with Crippen LogP contribution in [0.15, 0.2) is 29.4 Å². The highest BCUT2D eigenvalue weighted by atomic mass is 16.6. The average Bonchev–Trinajstić information content (AvgIpc) is 2.24. The fourth-order valence-corrected chi connectivity index (χ4v) is 1.66. The quantitative estimate of drug-likeness (QED) is 0.560. The molecule has 0 aliphatic heterocycles. The van der Waals surface area contributed by atoms with Crippen molar-refractivity contribution in [2.24, 2.45) is 5.16 Å². The minimum atomic E-state index is 0.125. The summed E-state index contributed by atoms with van der Waals surface area (Å²) in [5, 5.41) is 4.10. The van der Waals surface area contributed by atoms with E-state index in [4.69, 9.17) is 4.84 Å². The maximum absolute atomic E-state index is 5.11. The van der Waals surface area contributed by atoms with Crippen molar-refractivity contribution < 1.29 is 4.84 Å². The largest absolute Gasteiger partial charge is 0.396 e. The first kappa shape index (κ1) is 12.8. The third kappa shape index (κ3) is 3.09. The zero-order valence-corrected chi connectivity index (χ0v) is 10.9. The molecule has 0 saturated carbocycles. The molecule has 0 aliphatic rings. The van der Waals surface area contributed by atoms with Crippen LogP contribution in [0.4, 0.5) is 0 Å². The highest BCUT2D eigenvalue weighted by Gasteiger charge is 2.18. The maximum atomic E-state index is 5.11. The minimum absolute atomic E-state index is 0.125. The summed E-state index contributed by atoms with van der Waals surface area (Å²) in [5.41, 5.74) is 3.53. The molecule has 16 heavy (non-hydrogen) atoms. The summed E-state index contributed by atoms with van der Waals surface area (Å²) in [6.07, 6.45) is 0. The Morgan fingerprint density at radius 1 is 1.25 bits per heavy atom. The molecule has 0 aromatic heterocycles. The topological polar surface area (TPSA) is 21.6 Å². The Morgan fingerprint density at radius 3 is 2.44 bits per heavy atom. The van der Waals surface area contributed by atoms with Gasteiger partial charge in [-0.15, -0.1) is 0 Å². The van der Waals surface area contributed by atoms with Crippen molar-refractivity contribution in [3.63, 3.8) is 0 Å². The molecule has 0 bridgehead atoms. The Bertz CT molecular complexity index is 375. The van der Waals surface area contributed by atoms with Crippen molar-refractivity contribution in [3.05, 3.63) is 35.4 Å². The number of oxime groups is 1. The smallest absolute Gasteiger partial charge is 0.114 e. The Labute approximate surface area is 98.3 Å². The van der Waals surface area contributed by atoms with Crippen LogP contribution in [0.1, 0.15) is 45.7 Å². The van der Waals surface area contributed by atoms with E-state index in [0.717, 1.165) is 5.71 Å². The second kappa shape index (κ2) is 5.15. The SMILES string of the molecule is CCO/N=C(\C)c1ccccc1C(C)(C)C. The van der Waals surface area contributed by atoms with Gasteiger partial charge in [-0.3, -0.25) is 0 Å². The van der Waals surface area contributed by atoms with Gasteiger partial charge in [0.2, 0.25) is 0 Å². The van der Waals surface area contributed by atoms with Gasteiger partial charge >= 0.3 is 0 Å². The zero-order chi connectivity index (χ0) is 12.2. The number of rotatable bonds is 3. The summed E-state index contributed by atoms with van der Waals surface area (Å²) >= 11 is 0. The lowest BCUT2D eigenvalue weighted by Gasteiger charge is -2.22. The monoisotopic (exact) mass is 219 g/mol. The first-order valence-electron chi connectivity index (χ1n) is 5.73. The zero-order valence-electron chi connectivity index (χ0n) is 10.9. The molecule has 1 aromatic rings. The Hall–Kier alpha value is -1.31. The van der Waals surface area contributed by atoms with E-state index in [1.54, 1.807) is 0 Å². The number of hydrogen-bond acceptors (Lipinski definition) is 2. The molecule has 2 nitrogen and oxygen atoms in total.